The van der Waals surface area contributed by atoms with Crippen molar-refractivity contribution in [3.05, 3.63) is 60.4 Å². The van der Waals surface area contributed by atoms with Crippen molar-refractivity contribution in [2.45, 2.75) is 25.4 Å². The van der Waals surface area contributed by atoms with Crippen LogP contribution in [0, 0.1) is 6.92 Å². The van der Waals surface area contributed by atoms with Crippen molar-refractivity contribution >= 4 is 23.4 Å². The topological polar surface area (TPSA) is 72.3 Å². The van der Waals surface area contributed by atoms with E-state index in [-0.39, 0.29) is 5.91 Å². The van der Waals surface area contributed by atoms with Crippen LogP contribution >= 0.6 is 11.8 Å². The Morgan fingerprint density at radius 3 is 2.55 bits per heavy atom. The van der Waals surface area contributed by atoms with Crippen LogP contribution in [-0.2, 0) is 4.79 Å². The van der Waals surface area contributed by atoms with Gasteiger partial charge in [-0.15, -0.1) is 10.2 Å². The molecule has 3 aromatic rings. The number of hydrogen-bond acceptors (Lipinski definition) is 6. The first kappa shape index (κ1) is 22.7. The number of rotatable bonds is 11. The lowest BCUT2D eigenvalue weighted by atomic mass is 10.2. The number of aromatic nitrogens is 3. The van der Waals surface area contributed by atoms with Gasteiger partial charge in [-0.1, -0.05) is 30.0 Å². The summed E-state index contributed by atoms with van der Waals surface area (Å²) in [6.07, 6.45) is 0.889. The Kier molecular flexibility index (Phi) is 8.35. The first-order valence-corrected chi connectivity index (χ1v) is 11.4. The molecule has 1 aromatic heterocycles. The van der Waals surface area contributed by atoms with E-state index in [9.17, 15) is 4.79 Å². The van der Waals surface area contributed by atoms with Crippen molar-refractivity contribution in [1.29, 1.82) is 0 Å². The predicted molar refractivity (Wildman–Crippen MR) is 125 cm³/mol. The molecule has 0 saturated heterocycles. The van der Waals surface area contributed by atoms with E-state index >= 15 is 0 Å². The molecule has 31 heavy (non-hydrogen) atoms. The van der Waals surface area contributed by atoms with Crippen molar-refractivity contribution in [2.75, 3.05) is 37.4 Å². The molecule has 0 aliphatic heterocycles. The number of carbonyl (C=O) groups excluding carboxylic acids is 1. The number of carbonyl (C=O) groups is 1. The molecular formula is C23H29N5O2S. The first-order chi connectivity index (χ1) is 15.1. The molecule has 0 saturated carbocycles. The van der Waals surface area contributed by atoms with Crippen LogP contribution < -0.4 is 15.0 Å². The summed E-state index contributed by atoms with van der Waals surface area (Å²) in [7, 11) is 1.64. The number of amides is 1. The van der Waals surface area contributed by atoms with Gasteiger partial charge in [0.1, 0.15) is 11.6 Å². The van der Waals surface area contributed by atoms with Crippen molar-refractivity contribution in [3.8, 4) is 11.4 Å². The fourth-order valence-electron chi connectivity index (χ4n) is 3.25. The molecule has 0 radical (unpaired) electrons. The van der Waals surface area contributed by atoms with E-state index in [1.54, 1.807) is 7.11 Å². The molecule has 7 nitrogen and oxygen atoms in total. The summed E-state index contributed by atoms with van der Waals surface area (Å²) in [5, 5.41) is 12.1. The smallest absolute Gasteiger partial charge is 0.230 e. The molecule has 0 aliphatic rings. The van der Waals surface area contributed by atoms with Gasteiger partial charge in [0.2, 0.25) is 5.91 Å². The largest absolute Gasteiger partial charge is 0.497 e. The maximum Gasteiger partial charge on any atom is 0.230 e. The van der Waals surface area contributed by atoms with E-state index in [4.69, 9.17) is 4.74 Å². The predicted octanol–water partition coefficient (Wildman–Crippen LogP) is 3.71. The van der Waals surface area contributed by atoms with Gasteiger partial charge in [-0.05, 0) is 56.7 Å². The van der Waals surface area contributed by atoms with Gasteiger partial charge in [-0.3, -0.25) is 9.36 Å². The number of hydrogen-bond donors (Lipinski definition) is 1. The van der Waals surface area contributed by atoms with Crippen LogP contribution in [0.3, 0.4) is 0 Å². The van der Waals surface area contributed by atoms with Gasteiger partial charge in [0.25, 0.3) is 0 Å². The molecule has 0 atom stereocenters. The van der Waals surface area contributed by atoms with Gasteiger partial charge in [0, 0.05) is 31.0 Å². The Bertz CT molecular complexity index is 960. The monoisotopic (exact) mass is 439 g/mol. The number of anilines is 1. The molecule has 0 bridgehead atoms. The third-order valence-electron chi connectivity index (χ3n) is 4.89. The molecule has 0 aliphatic carbocycles. The number of nitrogens with zero attached hydrogens (tertiary/aromatic N) is 4. The van der Waals surface area contributed by atoms with Gasteiger partial charge in [0.05, 0.1) is 12.9 Å². The van der Waals surface area contributed by atoms with E-state index in [2.05, 4.69) is 39.5 Å². The molecule has 0 spiro atoms. The maximum absolute atomic E-state index is 12.3. The Labute approximate surface area is 187 Å². The van der Waals surface area contributed by atoms with E-state index in [0.29, 0.717) is 17.5 Å². The van der Waals surface area contributed by atoms with E-state index in [1.807, 2.05) is 54.0 Å². The molecule has 0 fully saturated rings. The van der Waals surface area contributed by atoms with Crippen LogP contribution in [0.2, 0.25) is 0 Å². The summed E-state index contributed by atoms with van der Waals surface area (Å²) in [6.45, 7) is 6.52. The molecule has 8 heteroatoms. The highest BCUT2D eigenvalue weighted by Gasteiger charge is 2.13. The number of nitrogens with one attached hydrogen (secondary N) is 1. The lowest BCUT2D eigenvalue weighted by Crippen LogP contribution is -2.30. The highest BCUT2D eigenvalue weighted by atomic mass is 32.2. The average molecular weight is 440 g/mol. The van der Waals surface area contributed by atoms with E-state index in [1.165, 1.54) is 17.4 Å². The highest BCUT2D eigenvalue weighted by Crippen LogP contribution is 2.23. The second-order valence-corrected chi connectivity index (χ2v) is 7.91. The minimum Gasteiger partial charge on any atom is -0.497 e. The van der Waals surface area contributed by atoms with Gasteiger partial charge in [-0.2, -0.15) is 0 Å². The summed E-state index contributed by atoms with van der Waals surface area (Å²) < 4.78 is 7.16. The molecular weight excluding hydrogens is 410 g/mol. The van der Waals surface area contributed by atoms with Crippen LogP contribution in [-0.4, -0.2) is 53.2 Å². The lowest BCUT2D eigenvalue weighted by Gasteiger charge is -2.23. The SMILES string of the molecule is CCN(CCCNC(=O)CSc1nnc(C)n1-c1ccc(OC)cc1)c1ccccc1. The summed E-state index contributed by atoms with van der Waals surface area (Å²) in [4.78, 5) is 14.6. The van der Waals surface area contributed by atoms with Crippen molar-refractivity contribution in [2.24, 2.45) is 0 Å². The van der Waals surface area contributed by atoms with Crippen LogP contribution in [0.5, 0.6) is 5.75 Å². The number of aryl methyl sites for hydroxylation is 1. The number of methoxy groups -OCH3 is 1. The minimum atomic E-state index is -0.00491. The van der Waals surface area contributed by atoms with Crippen LogP contribution in [0.25, 0.3) is 5.69 Å². The zero-order valence-electron chi connectivity index (χ0n) is 18.2. The second-order valence-electron chi connectivity index (χ2n) is 6.97. The number of ether oxygens (including phenoxy) is 1. The summed E-state index contributed by atoms with van der Waals surface area (Å²) in [5.41, 5.74) is 2.15. The first-order valence-electron chi connectivity index (χ1n) is 10.4. The number of thioether (sulfide) groups is 1. The molecule has 1 N–H and O–H groups in total. The zero-order valence-corrected chi connectivity index (χ0v) is 19.1. The summed E-state index contributed by atoms with van der Waals surface area (Å²) >= 11 is 1.38. The van der Waals surface area contributed by atoms with E-state index < -0.39 is 0 Å². The fraction of sp³-hybridized carbons (Fsp3) is 0.348. The Hall–Kier alpha value is -3.00. The standard InChI is InChI=1S/C23H29N5O2S/c1-4-27(19-9-6-5-7-10-19)16-8-15-24-22(29)17-31-23-26-25-18(2)28(23)20-11-13-21(30-3)14-12-20/h5-7,9-14H,4,8,15-17H2,1-3H3,(H,24,29). The third kappa shape index (κ3) is 6.24. The van der Waals surface area contributed by atoms with Crippen molar-refractivity contribution in [3.63, 3.8) is 0 Å². The van der Waals surface area contributed by atoms with Gasteiger partial charge in [-0.25, -0.2) is 0 Å². The van der Waals surface area contributed by atoms with Gasteiger partial charge in [0.15, 0.2) is 5.16 Å². The normalized spacial score (nSPS) is 10.7. The lowest BCUT2D eigenvalue weighted by molar-refractivity contribution is -0.118. The minimum absolute atomic E-state index is 0.00491. The fourth-order valence-corrected chi connectivity index (χ4v) is 4.08. The van der Waals surface area contributed by atoms with Crippen molar-refractivity contribution < 1.29 is 9.53 Å². The molecule has 1 heterocycles. The maximum atomic E-state index is 12.3. The van der Waals surface area contributed by atoms with Gasteiger partial charge >= 0.3 is 0 Å². The molecule has 3 rings (SSSR count). The summed E-state index contributed by atoms with van der Waals surface area (Å²) in [6, 6.07) is 18.0. The average Bonchev–Trinajstić information content (AvgIpc) is 3.18. The Morgan fingerprint density at radius 2 is 1.87 bits per heavy atom. The number of benzene rings is 2. The second kappa shape index (κ2) is 11.4. The van der Waals surface area contributed by atoms with E-state index in [0.717, 1.165) is 36.8 Å². The number of para-hydroxylation sites is 1. The molecule has 164 valence electrons. The highest BCUT2D eigenvalue weighted by molar-refractivity contribution is 7.99. The van der Waals surface area contributed by atoms with Crippen molar-refractivity contribution in [1.82, 2.24) is 20.1 Å². The van der Waals surface area contributed by atoms with Crippen LogP contribution in [0.4, 0.5) is 5.69 Å². The zero-order chi connectivity index (χ0) is 22.1. The Balaban J connectivity index is 1.47. The summed E-state index contributed by atoms with van der Waals surface area (Å²) in [5.74, 6) is 1.85. The Morgan fingerprint density at radius 1 is 1.13 bits per heavy atom. The quantitative estimate of drug-likeness (QED) is 0.363. The molecule has 0 unspecified atom stereocenters. The third-order valence-corrected chi connectivity index (χ3v) is 5.82. The van der Waals surface area contributed by atoms with Crippen LogP contribution in [0.15, 0.2) is 59.8 Å². The van der Waals surface area contributed by atoms with Crippen LogP contribution in [0.1, 0.15) is 19.2 Å². The van der Waals surface area contributed by atoms with Gasteiger partial charge < -0.3 is 15.0 Å². The molecule has 2 aromatic carbocycles. The molecule has 1 amide bonds.